The highest BCUT2D eigenvalue weighted by Gasteiger charge is 2.29. The number of carbonyl (C=O) groups excluding carboxylic acids is 1. The second-order valence-corrected chi connectivity index (χ2v) is 8.43. The van der Waals surface area contributed by atoms with Crippen LogP contribution < -0.4 is 11.1 Å². The maximum atomic E-state index is 13.5. The molecular weight excluding hydrogens is 393 g/mol. The predicted octanol–water partition coefficient (Wildman–Crippen LogP) is 2.52. The summed E-state index contributed by atoms with van der Waals surface area (Å²) in [4.78, 5) is 32.2. The van der Waals surface area contributed by atoms with Crippen LogP contribution in [0.15, 0.2) is 18.5 Å². The van der Waals surface area contributed by atoms with Gasteiger partial charge in [0.25, 0.3) is 5.91 Å². The minimum absolute atomic E-state index is 0.139. The van der Waals surface area contributed by atoms with Crippen molar-refractivity contribution in [2.24, 2.45) is 11.7 Å². The summed E-state index contributed by atoms with van der Waals surface area (Å²) >= 11 is 1.40. The maximum absolute atomic E-state index is 13.5. The summed E-state index contributed by atoms with van der Waals surface area (Å²) in [7, 11) is 0. The summed E-state index contributed by atoms with van der Waals surface area (Å²) in [5.41, 5.74) is 7.23. The second kappa shape index (κ2) is 7.96. The summed E-state index contributed by atoms with van der Waals surface area (Å²) in [5.74, 6) is 0.0391. The van der Waals surface area contributed by atoms with Crippen LogP contribution in [-0.2, 0) is 0 Å². The molecule has 152 valence electrons. The number of pyridine rings is 1. The minimum Gasteiger partial charge on any atom is -0.348 e. The fraction of sp³-hybridized carbons (Fsp3) is 0.421. The highest BCUT2D eigenvalue weighted by molar-refractivity contribution is 7.18. The Balaban J connectivity index is 1.66. The lowest BCUT2D eigenvalue weighted by molar-refractivity contribution is 0.0784. The Labute approximate surface area is 171 Å². The lowest BCUT2D eigenvalue weighted by Gasteiger charge is -2.18. The van der Waals surface area contributed by atoms with Gasteiger partial charge < -0.3 is 16.0 Å². The number of hydrogen-bond acceptors (Lipinski definition) is 8. The monoisotopic (exact) mass is 415 g/mol. The Morgan fingerprint density at radius 3 is 2.97 bits per heavy atom. The number of nitrogens with two attached hydrogens (primary N) is 1. The summed E-state index contributed by atoms with van der Waals surface area (Å²) in [5, 5.41) is 3.95. The average molecular weight is 415 g/mol. The SMILES string of the molecule is Cc1nc2nc(N[C@@H](C)c3cncc(F)c3)nc(C(=O)N3CCC(CN)C3)c2s1. The number of halogens is 1. The number of likely N-dealkylation sites (tertiary alicyclic amines) is 1. The van der Waals surface area contributed by atoms with E-state index in [1.54, 1.807) is 11.1 Å². The third-order valence-electron chi connectivity index (χ3n) is 5.04. The molecule has 3 aromatic heterocycles. The van der Waals surface area contributed by atoms with Gasteiger partial charge in [0, 0.05) is 19.3 Å². The number of fused-ring (bicyclic) bond motifs is 1. The molecule has 10 heteroatoms. The molecule has 1 amide bonds. The molecule has 0 spiro atoms. The largest absolute Gasteiger partial charge is 0.348 e. The summed E-state index contributed by atoms with van der Waals surface area (Å²) in [6.07, 6.45) is 3.63. The van der Waals surface area contributed by atoms with Crippen LogP contribution in [0.3, 0.4) is 0 Å². The van der Waals surface area contributed by atoms with Crippen LogP contribution in [0.1, 0.15) is 40.4 Å². The number of carbonyl (C=O) groups is 1. The molecule has 1 fully saturated rings. The van der Waals surface area contributed by atoms with Crippen molar-refractivity contribution >= 4 is 33.5 Å². The van der Waals surface area contributed by atoms with E-state index in [1.165, 1.54) is 17.4 Å². The number of amides is 1. The fourth-order valence-electron chi connectivity index (χ4n) is 3.44. The lowest BCUT2D eigenvalue weighted by Crippen LogP contribution is -2.31. The van der Waals surface area contributed by atoms with Crippen LogP contribution in [-0.4, -0.2) is 50.4 Å². The summed E-state index contributed by atoms with van der Waals surface area (Å²) < 4.78 is 14.2. The van der Waals surface area contributed by atoms with E-state index in [-0.39, 0.29) is 17.9 Å². The Morgan fingerprint density at radius 2 is 2.24 bits per heavy atom. The van der Waals surface area contributed by atoms with E-state index >= 15 is 0 Å². The van der Waals surface area contributed by atoms with Crippen molar-refractivity contribution in [3.8, 4) is 0 Å². The van der Waals surface area contributed by atoms with E-state index in [2.05, 4.69) is 25.3 Å². The van der Waals surface area contributed by atoms with Crippen molar-refractivity contribution in [1.29, 1.82) is 0 Å². The molecule has 4 rings (SSSR count). The predicted molar refractivity (Wildman–Crippen MR) is 109 cm³/mol. The van der Waals surface area contributed by atoms with Crippen molar-refractivity contribution in [3.63, 3.8) is 0 Å². The van der Waals surface area contributed by atoms with Crippen LogP contribution in [0.25, 0.3) is 10.3 Å². The highest BCUT2D eigenvalue weighted by atomic mass is 32.1. The van der Waals surface area contributed by atoms with E-state index < -0.39 is 5.82 Å². The maximum Gasteiger partial charge on any atom is 0.274 e. The Hall–Kier alpha value is -2.72. The highest BCUT2D eigenvalue weighted by Crippen LogP contribution is 2.28. The number of thiazole rings is 1. The fourth-order valence-corrected chi connectivity index (χ4v) is 4.28. The van der Waals surface area contributed by atoms with Gasteiger partial charge in [-0.3, -0.25) is 9.78 Å². The van der Waals surface area contributed by atoms with Gasteiger partial charge in [-0.1, -0.05) is 0 Å². The van der Waals surface area contributed by atoms with Crippen molar-refractivity contribution < 1.29 is 9.18 Å². The van der Waals surface area contributed by atoms with Crippen molar-refractivity contribution in [3.05, 3.63) is 40.5 Å². The van der Waals surface area contributed by atoms with Gasteiger partial charge in [0.05, 0.1) is 17.2 Å². The molecule has 2 atom stereocenters. The van der Waals surface area contributed by atoms with Gasteiger partial charge >= 0.3 is 0 Å². The quantitative estimate of drug-likeness (QED) is 0.659. The number of rotatable bonds is 5. The van der Waals surface area contributed by atoms with Gasteiger partial charge in [0.1, 0.15) is 10.5 Å². The molecule has 0 aliphatic carbocycles. The first-order chi connectivity index (χ1) is 13.9. The van der Waals surface area contributed by atoms with E-state index in [1.807, 2.05) is 13.8 Å². The molecule has 1 saturated heterocycles. The average Bonchev–Trinajstić information content (AvgIpc) is 3.32. The topological polar surface area (TPSA) is 110 Å². The number of nitrogens with zero attached hydrogens (tertiary/aromatic N) is 5. The van der Waals surface area contributed by atoms with Gasteiger partial charge in [-0.25, -0.2) is 14.4 Å². The molecule has 0 saturated carbocycles. The zero-order valence-corrected chi connectivity index (χ0v) is 17.0. The van der Waals surface area contributed by atoms with Gasteiger partial charge in [0.2, 0.25) is 5.95 Å². The van der Waals surface area contributed by atoms with Gasteiger partial charge in [0.15, 0.2) is 11.3 Å². The normalized spacial score (nSPS) is 17.7. The van der Waals surface area contributed by atoms with Crippen molar-refractivity contribution in [1.82, 2.24) is 24.8 Å². The number of nitrogens with one attached hydrogen (secondary N) is 1. The molecule has 8 nitrogen and oxygen atoms in total. The first-order valence-corrected chi connectivity index (χ1v) is 10.3. The number of aryl methyl sites for hydroxylation is 1. The molecule has 1 aliphatic rings. The van der Waals surface area contributed by atoms with Crippen LogP contribution >= 0.6 is 11.3 Å². The molecular formula is C19H22FN7OS. The van der Waals surface area contributed by atoms with Crippen molar-refractivity contribution in [2.45, 2.75) is 26.3 Å². The first kappa shape index (κ1) is 19.6. The van der Waals surface area contributed by atoms with Crippen LogP contribution in [0.2, 0.25) is 0 Å². The molecule has 1 unspecified atom stereocenters. The molecule has 29 heavy (non-hydrogen) atoms. The Bertz CT molecular complexity index is 1060. The minimum atomic E-state index is -0.415. The summed E-state index contributed by atoms with van der Waals surface area (Å²) in [6, 6.07) is 1.10. The third-order valence-corrected chi connectivity index (χ3v) is 6.01. The molecule has 0 aromatic carbocycles. The van der Waals surface area contributed by atoms with Gasteiger partial charge in [-0.05, 0) is 44.4 Å². The van der Waals surface area contributed by atoms with Crippen LogP contribution in [0.4, 0.5) is 10.3 Å². The second-order valence-electron chi connectivity index (χ2n) is 7.23. The van der Waals surface area contributed by atoms with Gasteiger partial charge in [-0.2, -0.15) is 4.98 Å². The molecule has 4 heterocycles. The molecule has 0 radical (unpaired) electrons. The Kier molecular flexibility index (Phi) is 5.37. The smallest absolute Gasteiger partial charge is 0.274 e. The van der Waals surface area contributed by atoms with Crippen molar-refractivity contribution in [2.75, 3.05) is 25.0 Å². The van der Waals surface area contributed by atoms with Gasteiger partial charge in [-0.15, -0.1) is 11.3 Å². The number of hydrogen-bond donors (Lipinski definition) is 2. The zero-order valence-electron chi connectivity index (χ0n) is 16.2. The number of aromatic nitrogens is 4. The molecule has 0 bridgehead atoms. The molecule has 3 aromatic rings. The Morgan fingerprint density at radius 1 is 1.41 bits per heavy atom. The zero-order chi connectivity index (χ0) is 20.5. The third kappa shape index (κ3) is 4.03. The summed E-state index contributed by atoms with van der Waals surface area (Å²) in [6.45, 7) is 5.58. The van der Waals surface area contributed by atoms with Crippen LogP contribution in [0.5, 0.6) is 0 Å². The van der Waals surface area contributed by atoms with E-state index in [4.69, 9.17) is 5.73 Å². The molecule has 3 N–H and O–H groups in total. The standard InChI is InChI=1S/C19H22FN7OS/c1-10(13-5-14(20)8-22-7-13)23-19-25-15(16-17(26-19)24-11(2)29-16)18(28)27-4-3-12(6-21)9-27/h5,7-8,10,12H,3-4,6,9,21H2,1-2H3,(H,23,25,26)/t10-,12?/m0/s1. The lowest BCUT2D eigenvalue weighted by atomic mass is 10.1. The first-order valence-electron chi connectivity index (χ1n) is 9.46. The van der Waals surface area contributed by atoms with E-state index in [9.17, 15) is 9.18 Å². The number of anilines is 1. The van der Waals surface area contributed by atoms with Crippen LogP contribution in [0, 0.1) is 18.7 Å². The molecule has 1 aliphatic heterocycles. The van der Waals surface area contributed by atoms with E-state index in [0.29, 0.717) is 47.2 Å². The van der Waals surface area contributed by atoms with E-state index in [0.717, 1.165) is 17.6 Å².